The number of alkyl halides is 2. The van der Waals surface area contributed by atoms with E-state index in [1.807, 2.05) is 0 Å². The van der Waals surface area contributed by atoms with E-state index in [0.29, 0.717) is 23.1 Å². The zero-order valence-electron chi connectivity index (χ0n) is 17.1. The number of anilines is 1. The molecule has 0 atom stereocenters. The first kappa shape index (κ1) is 25.4. The normalized spacial score (nSPS) is 14.2. The van der Waals surface area contributed by atoms with Crippen molar-refractivity contribution in [3.05, 3.63) is 58.6 Å². The molecule has 0 amide bonds. The molecule has 0 aliphatic carbocycles. The molecule has 2 N–H and O–H groups in total. The average Bonchev–Trinajstić information content (AvgIpc) is 2.76. The molecule has 6 nitrogen and oxygen atoms in total. The summed E-state index contributed by atoms with van der Waals surface area (Å²) in [5.41, 5.74) is 2.79. The van der Waals surface area contributed by atoms with Gasteiger partial charge in [0.15, 0.2) is 5.96 Å². The Labute approximate surface area is 203 Å². The van der Waals surface area contributed by atoms with Crippen molar-refractivity contribution in [3.63, 3.8) is 0 Å². The Bertz CT molecular complexity index is 850. The third-order valence-corrected chi connectivity index (χ3v) is 4.92. The van der Waals surface area contributed by atoms with Crippen LogP contribution in [0, 0.1) is 0 Å². The Balaban J connectivity index is 0.00000341. The fraction of sp³-hybridized carbons (Fsp3) is 0.381. The molecule has 0 bridgehead atoms. The van der Waals surface area contributed by atoms with Gasteiger partial charge in [-0.05, 0) is 35.9 Å². The summed E-state index contributed by atoms with van der Waals surface area (Å²) in [6.07, 6.45) is 0. The topological polar surface area (TPSA) is 58.1 Å². The molecule has 0 saturated carbocycles. The summed E-state index contributed by atoms with van der Waals surface area (Å²) in [6, 6.07) is 12.8. The van der Waals surface area contributed by atoms with Crippen LogP contribution in [0.1, 0.15) is 11.1 Å². The maximum Gasteiger partial charge on any atom is 0.387 e. The Hall–Kier alpha value is -1.85. The van der Waals surface area contributed by atoms with Gasteiger partial charge < -0.3 is 25.0 Å². The van der Waals surface area contributed by atoms with Gasteiger partial charge in [0, 0.05) is 49.5 Å². The first-order valence-electron chi connectivity index (χ1n) is 9.64. The number of rotatable bonds is 7. The van der Waals surface area contributed by atoms with Gasteiger partial charge in [0.1, 0.15) is 5.75 Å². The van der Waals surface area contributed by atoms with Crippen molar-refractivity contribution >= 4 is 47.2 Å². The van der Waals surface area contributed by atoms with Crippen molar-refractivity contribution < 1.29 is 18.3 Å². The Kier molecular flexibility index (Phi) is 10.6. The van der Waals surface area contributed by atoms with Crippen LogP contribution in [-0.2, 0) is 17.8 Å². The number of aliphatic imine (C=N–C) groups is 1. The molecule has 10 heteroatoms. The number of guanidine groups is 1. The predicted octanol–water partition coefficient (Wildman–Crippen LogP) is 4.26. The van der Waals surface area contributed by atoms with Crippen LogP contribution < -0.4 is 20.3 Å². The summed E-state index contributed by atoms with van der Waals surface area (Å²) in [5, 5.41) is 6.75. The highest BCUT2D eigenvalue weighted by Crippen LogP contribution is 2.24. The van der Waals surface area contributed by atoms with Crippen molar-refractivity contribution in [2.75, 3.05) is 38.3 Å². The number of morpholine rings is 1. The van der Waals surface area contributed by atoms with Crippen molar-refractivity contribution in [1.82, 2.24) is 10.6 Å². The number of ether oxygens (including phenoxy) is 2. The highest BCUT2D eigenvalue weighted by atomic mass is 127. The van der Waals surface area contributed by atoms with Gasteiger partial charge in [-0.3, -0.25) is 4.99 Å². The Morgan fingerprint density at radius 2 is 1.81 bits per heavy atom. The maximum atomic E-state index is 12.6. The molecule has 31 heavy (non-hydrogen) atoms. The van der Waals surface area contributed by atoms with E-state index in [4.69, 9.17) is 16.3 Å². The minimum Gasteiger partial charge on any atom is -0.434 e. The van der Waals surface area contributed by atoms with E-state index >= 15 is 0 Å². The smallest absolute Gasteiger partial charge is 0.387 e. The number of hydrogen-bond donors (Lipinski definition) is 2. The minimum atomic E-state index is -2.90. The van der Waals surface area contributed by atoms with Crippen LogP contribution in [0.3, 0.4) is 0 Å². The second-order valence-electron chi connectivity index (χ2n) is 6.68. The van der Waals surface area contributed by atoms with Crippen LogP contribution in [-0.4, -0.2) is 45.9 Å². The fourth-order valence-corrected chi connectivity index (χ4v) is 3.32. The SMILES string of the molecule is CN=C(NCc1ccc(N2CCOCC2)cc1)NCc1cc(Cl)ccc1OC(F)F.I. The van der Waals surface area contributed by atoms with Gasteiger partial charge in [0.05, 0.1) is 13.2 Å². The lowest BCUT2D eigenvalue weighted by molar-refractivity contribution is -0.0504. The molecular weight excluding hydrogens is 541 g/mol. The molecule has 0 aromatic heterocycles. The van der Waals surface area contributed by atoms with E-state index < -0.39 is 6.61 Å². The molecule has 1 aliphatic heterocycles. The van der Waals surface area contributed by atoms with Gasteiger partial charge in [0.2, 0.25) is 0 Å². The molecule has 2 aromatic carbocycles. The second kappa shape index (κ2) is 12.9. The molecular formula is C21H26ClF2IN4O2. The number of halogens is 4. The lowest BCUT2D eigenvalue weighted by Crippen LogP contribution is -2.37. The molecule has 2 aromatic rings. The minimum absolute atomic E-state index is 0. The zero-order chi connectivity index (χ0) is 21.3. The van der Waals surface area contributed by atoms with E-state index in [0.717, 1.165) is 31.9 Å². The molecule has 0 spiro atoms. The quantitative estimate of drug-likeness (QED) is 0.298. The van der Waals surface area contributed by atoms with E-state index in [-0.39, 0.29) is 36.3 Å². The van der Waals surface area contributed by atoms with Gasteiger partial charge in [-0.2, -0.15) is 8.78 Å². The van der Waals surface area contributed by atoms with Gasteiger partial charge in [-0.25, -0.2) is 0 Å². The predicted molar refractivity (Wildman–Crippen MR) is 130 cm³/mol. The number of nitrogens with zero attached hydrogens (tertiary/aromatic N) is 2. The molecule has 170 valence electrons. The monoisotopic (exact) mass is 566 g/mol. The van der Waals surface area contributed by atoms with Crippen LogP contribution in [0.25, 0.3) is 0 Å². The molecule has 1 saturated heterocycles. The molecule has 0 unspecified atom stereocenters. The van der Waals surface area contributed by atoms with Gasteiger partial charge >= 0.3 is 6.61 Å². The van der Waals surface area contributed by atoms with E-state index in [2.05, 4.69) is 49.5 Å². The first-order chi connectivity index (χ1) is 14.5. The Morgan fingerprint density at radius 1 is 1.13 bits per heavy atom. The molecule has 0 radical (unpaired) electrons. The van der Waals surface area contributed by atoms with Crippen LogP contribution in [0.15, 0.2) is 47.5 Å². The zero-order valence-corrected chi connectivity index (χ0v) is 20.2. The number of nitrogens with one attached hydrogen (secondary N) is 2. The summed E-state index contributed by atoms with van der Waals surface area (Å²) >= 11 is 5.99. The Morgan fingerprint density at radius 3 is 2.45 bits per heavy atom. The molecule has 1 heterocycles. The number of benzene rings is 2. The standard InChI is InChI=1S/C21H25ClF2N4O2.HI/c1-25-21(27-14-16-12-17(22)4-7-19(16)30-20(23)24)26-13-15-2-5-18(6-3-15)28-8-10-29-11-9-28;/h2-7,12,20H,8-11,13-14H2,1H3,(H2,25,26,27);1H. The fourth-order valence-electron chi connectivity index (χ4n) is 3.13. The summed E-state index contributed by atoms with van der Waals surface area (Å²) in [6.45, 7) is 1.20. The van der Waals surface area contributed by atoms with E-state index in [1.54, 1.807) is 13.1 Å². The van der Waals surface area contributed by atoms with Crippen molar-refractivity contribution in [2.24, 2.45) is 4.99 Å². The first-order valence-corrected chi connectivity index (χ1v) is 10.0. The third-order valence-electron chi connectivity index (χ3n) is 4.68. The van der Waals surface area contributed by atoms with Crippen LogP contribution >= 0.6 is 35.6 Å². The van der Waals surface area contributed by atoms with Gasteiger partial charge in [-0.1, -0.05) is 23.7 Å². The van der Waals surface area contributed by atoms with Gasteiger partial charge in [0.25, 0.3) is 0 Å². The third kappa shape index (κ3) is 7.97. The maximum absolute atomic E-state index is 12.6. The number of hydrogen-bond acceptors (Lipinski definition) is 4. The van der Waals surface area contributed by atoms with Crippen molar-refractivity contribution in [1.29, 1.82) is 0 Å². The highest BCUT2D eigenvalue weighted by molar-refractivity contribution is 14.0. The van der Waals surface area contributed by atoms with Crippen LogP contribution in [0.4, 0.5) is 14.5 Å². The largest absolute Gasteiger partial charge is 0.434 e. The van der Waals surface area contributed by atoms with E-state index in [9.17, 15) is 8.78 Å². The lowest BCUT2D eigenvalue weighted by Gasteiger charge is -2.28. The second-order valence-corrected chi connectivity index (χ2v) is 7.11. The summed E-state index contributed by atoms with van der Waals surface area (Å²) < 4.78 is 35.1. The van der Waals surface area contributed by atoms with Crippen molar-refractivity contribution in [3.8, 4) is 5.75 Å². The van der Waals surface area contributed by atoms with Crippen molar-refractivity contribution in [2.45, 2.75) is 19.7 Å². The summed E-state index contributed by atoms with van der Waals surface area (Å²) in [7, 11) is 1.64. The highest BCUT2D eigenvalue weighted by Gasteiger charge is 2.12. The summed E-state index contributed by atoms with van der Waals surface area (Å²) in [4.78, 5) is 6.47. The summed E-state index contributed by atoms with van der Waals surface area (Å²) in [5.74, 6) is 0.617. The average molecular weight is 567 g/mol. The molecule has 3 rings (SSSR count). The lowest BCUT2D eigenvalue weighted by atomic mass is 10.2. The molecule has 1 aliphatic rings. The van der Waals surface area contributed by atoms with E-state index in [1.165, 1.54) is 17.8 Å². The van der Waals surface area contributed by atoms with Gasteiger partial charge in [-0.15, -0.1) is 24.0 Å². The molecule has 1 fully saturated rings. The van der Waals surface area contributed by atoms with Crippen LogP contribution in [0.2, 0.25) is 5.02 Å². The van der Waals surface area contributed by atoms with Crippen LogP contribution in [0.5, 0.6) is 5.75 Å².